The van der Waals surface area contributed by atoms with Crippen LogP contribution in [0.2, 0.25) is 0 Å². The van der Waals surface area contributed by atoms with E-state index in [9.17, 15) is 4.79 Å². The standard InChI is InChI=1S/C17H17NO2S/c1-13-6-2-3-8-15(13)12-18-17(20)16-14(9-11-21-16)7-4-5-10-19/h2-3,6,8-9,11,19H,5,10,12H2,1H3,(H,18,20). The number of amides is 1. The van der Waals surface area contributed by atoms with Crippen LogP contribution in [0, 0.1) is 18.8 Å². The third kappa shape index (κ3) is 4.19. The average Bonchev–Trinajstić information content (AvgIpc) is 2.95. The fourth-order valence-electron chi connectivity index (χ4n) is 1.86. The Morgan fingerprint density at radius 1 is 1.33 bits per heavy atom. The van der Waals surface area contributed by atoms with Gasteiger partial charge in [0.15, 0.2) is 0 Å². The van der Waals surface area contributed by atoms with Gasteiger partial charge in [0.05, 0.1) is 6.61 Å². The smallest absolute Gasteiger partial charge is 0.262 e. The second kappa shape index (κ2) is 7.63. The first-order valence-corrected chi connectivity index (χ1v) is 7.60. The van der Waals surface area contributed by atoms with Crippen molar-refractivity contribution in [3.8, 4) is 11.8 Å². The molecule has 0 radical (unpaired) electrons. The topological polar surface area (TPSA) is 49.3 Å². The highest BCUT2D eigenvalue weighted by atomic mass is 32.1. The van der Waals surface area contributed by atoms with Crippen LogP contribution in [0.4, 0.5) is 0 Å². The van der Waals surface area contributed by atoms with E-state index in [1.165, 1.54) is 11.3 Å². The molecule has 0 saturated heterocycles. The number of benzene rings is 1. The summed E-state index contributed by atoms with van der Waals surface area (Å²) in [6.45, 7) is 2.57. The second-order valence-corrected chi connectivity index (χ2v) is 5.46. The summed E-state index contributed by atoms with van der Waals surface area (Å²) >= 11 is 1.38. The molecule has 4 heteroatoms. The summed E-state index contributed by atoms with van der Waals surface area (Å²) in [5.41, 5.74) is 2.98. The Balaban J connectivity index is 2.03. The molecule has 0 saturated carbocycles. The number of aryl methyl sites for hydroxylation is 1. The summed E-state index contributed by atoms with van der Waals surface area (Å²) in [7, 11) is 0. The summed E-state index contributed by atoms with van der Waals surface area (Å²) in [4.78, 5) is 12.8. The number of hydrogen-bond donors (Lipinski definition) is 2. The van der Waals surface area contributed by atoms with Crippen molar-refractivity contribution in [2.45, 2.75) is 19.9 Å². The monoisotopic (exact) mass is 299 g/mol. The normalized spacial score (nSPS) is 9.81. The number of hydrogen-bond acceptors (Lipinski definition) is 3. The Kier molecular flexibility index (Phi) is 5.56. The molecule has 0 aliphatic rings. The van der Waals surface area contributed by atoms with E-state index in [2.05, 4.69) is 17.2 Å². The van der Waals surface area contributed by atoms with Crippen LogP contribution in [-0.2, 0) is 6.54 Å². The maximum absolute atomic E-state index is 12.2. The molecule has 0 aliphatic heterocycles. The van der Waals surface area contributed by atoms with Crippen LogP contribution in [0.15, 0.2) is 35.7 Å². The van der Waals surface area contributed by atoms with Crippen LogP contribution < -0.4 is 5.32 Å². The van der Waals surface area contributed by atoms with Crippen molar-refractivity contribution < 1.29 is 9.90 Å². The van der Waals surface area contributed by atoms with Crippen LogP contribution in [-0.4, -0.2) is 17.6 Å². The van der Waals surface area contributed by atoms with Gasteiger partial charge in [-0.25, -0.2) is 0 Å². The molecule has 0 unspecified atom stereocenters. The van der Waals surface area contributed by atoms with Crippen molar-refractivity contribution in [2.75, 3.05) is 6.61 Å². The number of aliphatic hydroxyl groups is 1. The Morgan fingerprint density at radius 2 is 2.14 bits per heavy atom. The van der Waals surface area contributed by atoms with Crippen LogP contribution >= 0.6 is 11.3 Å². The Morgan fingerprint density at radius 3 is 2.90 bits per heavy atom. The quantitative estimate of drug-likeness (QED) is 0.853. The molecule has 2 rings (SSSR count). The summed E-state index contributed by atoms with van der Waals surface area (Å²) in [6, 6.07) is 9.81. The Bertz CT molecular complexity index is 679. The first-order valence-electron chi connectivity index (χ1n) is 6.72. The van der Waals surface area contributed by atoms with Crippen molar-refractivity contribution in [3.63, 3.8) is 0 Å². The van der Waals surface area contributed by atoms with Crippen molar-refractivity contribution >= 4 is 17.2 Å². The van der Waals surface area contributed by atoms with E-state index in [0.717, 1.165) is 16.7 Å². The van der Waals surface area contributed by atoms with E-state index in [4.69, 9.17) is 5.11 Å². The summed E-state index contributed by atoms with van der Waals surface area (Å²) in [5, 5.41) is 13.5. The molecular weight excluding hydrogens is 282 g/mol. The Hall–Kier alpha value is -2.09. The van der Waals surface area contributed by atoms with Crippen LogP contribution in [0.1, 0.15) is 32.8 Å². The predicted molar refractivity (Wildman–Crippen MR) is 85.2 cm³/mol. The highest BCUT2D eigenvalue weighted by Crippen LogP contribution is 2.16. The van der Waals surface area contributed by atoms with E-state index < -0.39 is 0 Å². The molecule has 0 fully saturated rings. The molecule has 2 N–H and O–H groups in total. The third-order valence-electron chi connectivity index (χ3n) is 3.03. The molecule has 0 aliphatic carbocycles. The summed E-state index contributed by atoms with van der Waals surface area (Å²) in [6.07, 6.45) is 0.417. The van der Waals surface area contributed by atoms with Crippen molar-refractivity contribution in [1.82, 2.24) is 5.32 Å². The van der Waals surface area contributed by atoms with Gasteiger partial charge in [-0.05, 0) is 29.5 Å². The van der Waals surface area contributed by atoms with Gasteiger partial charge in [-0.15, -0.1) is 11.3 Å². The number of aliphatic hydroxyl groups excluding tert-OH is 1. The molecule has 3 nitrogen and oxygen atoms in total. The minimum Gasteiger partial charge on any atom is -0.395 e. The first-order chi connectivity index (χ1) is 10.2. The number of rotatable bonds is 4. The van der Waals surface area contributed by atoms with Crippen LogP contribution in [0.3, 0.4) is 0 Å². The molecule has 0 spiro atoms. The minimum atomic E-state index is -0.110. The molecule has 1 heterocycles. The van der Waals surface area contributed by atoms with Gasteiger partial charge in [-0.2, -0.15) is 0 Å². The molecule has 0 bridgehead atoms. The molecule has 0 atom stereocenters. The number of thiophene rings is 1. The van der Waals surface area contributed by atoms with Crippen molar-refractivity contribution in [3.05, 3.63) is 57.3 Å². The van der Waals surface area contributed by atoms with Gasteiger partial charge in [-0.3, -0.25) is 4.79 Å². The average molecular weight is 299 g/mol. The largest absolute Gasteiger partial charge is 0.395 e. The maximum Gasteiger partial charge on any atom is 0.262 e. The molecule has 1 amide bonds. The van der Waals surface area contributed by atoms with Gasteiger partial charge in [0, 0.05) is 18.5 Å². The predicted octanol–water partition coefficient (Wildman–Crippen LogP) is 2.72. The zero-order chi connectivity index (χ0) is 15.1. The van der Waals surface area contributed by atoms with Crippen molar-refractivity contribution in [1.29, 1.82) is 0 Å². The van der Waals surface area contributed by atoms with Gasteiger partial charge >= 0.3 is 0 Å². The third-order valence-corrected chi connectivity index (χ3v) is 3.95. The first kappa shape index (κ1) is 15.3. The van der Waals surface area contributed by atoms with Gasteiger partial charge in [0.1, 0.15) is 4.88 Å². The number of carbonyl (C=O) groups excluding carboxylic acids is 1. The lowest BCUT2D eigenvalue weighted by molar-refractivity contribution is 0.0954. The second-order valence-electron chi connectivity index (χ2n) is 4.55. The van der Waals surface area contributed by atoms with E-state index in [1.807, 2.05) is 42.6 Å². The van der Waals surface area contributed by atoms with Crippen LogP contribution in [0.5, 0.6) is 0 Å². The zero-order valence-electron chi connectivity index (χ0n) is 11.8. The Labute approximate surface area is 128 Å². The highest BCUT2D eigenvalue weighted by Gasteiger charge is 2.11. The lowest BCUT2D eigenvalue weighted by atomic mass is 10.1. The molecule has 21 heavy (non-hydrogen) atoms. The number of carbonyl (C=O) groups is 1. The van der Waals surface area contributed by atoms with E-state index in [0.29, 0.717) is 17.8 Å². The SMILES string of the molecule is Cc1ccccc1CNC(=O)c1sccc1C#CCCO. The van der Waals surface area contributed by atoms with Gasteiger partial charge in [0.2, 0.25) is 0 Å². The van der Waals surface area contributed by atoms with Gasteiger partial charge in [-0.1, -0.05) is 36.1 Å². The molecule has 1 aromatic carbocycles. The van der Waals surface area contributed by atoms with E-state index >= 15 is 0 Å². The molecule has 108 valence electrons. The molecule has 2 aromatic rings. The van der Waals surface area contributed by atoms with Gasteiger partial charge in [0.25, 0.3) is 5.91 Å². The molecular formula is C17H17NO2S. The summed E-state index contributed by atoms with van der Waals surface area (Å²) in [5.74, 6) is 5.66. The lowest BCUT2D eigenvalue weighted by Gasteiger charge is -2.07. The highest BCUT2D eigenvalue weighted by molar-refractivity contribution is 7.12. The fourth-order valence-corrected chi connectivity index (χ4v) is 2.63. The minimum absolute atomic E-state index is 0.0337. The zero-order valence-corrected chi connectivity index (χ0v) is 12.7. The van der Waals surface area contributed by atoms with Crippen molar-refractivity contribution in [2.24, 2.45) is 0 Å². The lowest BCUT2D eigenvalue weighted by Crippen LogP contribution is -2.22. The summed E-state index contributed by atoms with van der Waals surface area (Å²) < 4.78 is 0. The van der Waals surface area contributed by atoms with Crippen LogP contribution in [0.25, 0.3) is 0 Å². The van der Waals surface area contributed by atoms with E-state index in [1.54, 1.807) is 0 Å². The fraction of sp³-hybridized carbons (Fsp3) is 0.235. The van der Waals surface area contributed by atoms with E-state index in [-0.39, 0.29) is 12.5 Å². The maximum atomic E-state index is 12.2. The van der Waals surface area contributed by atoms with Gasteiger partial charge < -0.3 is 10.4 Å². The number of nitrogens with one attached hydrogen (secondary N) is 1. The molecule has 1 aromatic heterocycles.